The van der Waals surface area contributed by atoms with Crippen LogP contribution in [0.25, 0.3) is 0 Å². The van der Waals surface area contributed by atoms with E-state index >= 15 is 0 Å². The molecule has 0 spiro atoms. The highest BCUT2D eigenvalue weighted by atomic mass is 32.2. The van der Waals surface area contributed by atoms with Gasteiger partial charge in [0.25, 0.3) is 5.91 Å². The van der Waals surface area contributed by atoms with Crippen molar-refractivity contribution in [1.82, 2.24) is 5.48 Å². The van der Waals surface area contributed by atoms with Crippen LogP contribution < -0.4 is 5.48 Å². The van der Waals surface area contributed by atoms with Gasteiger partial charge in [-0.25, -0.2) is 13.9 Å². The maximum Gasteiger partial charge on any atom is 0.276 e. The Labute approximate surface area is 129 Å². The van der Waals surface area contributed by atoms with Gasteiger partial charge < -0.3 is 0 Å². The van der Waals surface area contributed by atoms with Crippen LogP contribution in [-0.2, 0) is 21.3 Å². The lowest BCUT2D eigenvalue weighted by Crippen LogP contribution is -2.25. The van der Waals surface area contributed by atoms with Crippen molar-refractivity contribution in [3.05, 3.63) is 65.7 Å². The van der Waals surface area contributed by atoms with Gasteiger partial charge in [0.2, 0.25) is 0 Å². The summed E-state index contributed by atoms with van der Waals surface area (Å²) in [6.07, 6.45) is 0. The maximum atomic E-state index is 12.1. The SMILES string of the molecule is CCS(=O)(=O)c1ccccc1C(=O)NOCc1ccccc1. The number of rotatable bonds is 6. The third-order valence-electron chi connectivity index (χ3n) is 3.09. The lowest BCUT2D eigenvalue weighted by atomic mass is 10.2. The van der Waals surface area contributed by atoms with Crippen LogP contribution in [0.3, 0.4) is 0 Å². The molecule has 0 aliphatic carbocycles. The molecular weight excluding hydrogens is 302 g/mol. The van der Waals surface area contributed by atoms with E-state index in [4.69, 9.17) is 4.84 Å². The molecule has 6 heteroatoms. The zero-order chi connectivity index (χ0) is 16.0. The van der Waals surface area contributed by atoms with Gasteiger partial charge in [0.15, 0.2) is 9.84 Å². The Hall–Kier alpha value is -2.18. The van der Waals surface area contributed by atoms with E-state index in [1.165, 1.54) is 19.1 Å². The molecule has 1 amide bonds. The normalized spacial score (nSPS) is 11.1. The van der Waals surface area contributed by atoms with Crippen LogP contribution in [0.1, 0.15) is 22.8 Å². The van der Waals surface area contributed by atoms with E-state index in [9.17, 15) is 13.2 Å². The lowest BCUT2D eigenvalue weighted by molar-refractivity contribution is 0.0231. The van der Waals surface area contributed by atoms with E-state index in [1.807, 2.05) is 30.3 Å². The molecule has 1 N–H and O–H groups in total. The fourth-order valence-electron chi connectivity index (χ4n) is 1.90. The van der Waals surface area contributed by atoms with Crippen LogP contribution in [0.5, 0.6) is 0 Å². The number of benzene rings is 2. The Bertz CT molecular complexity index is 742. The molecule has 0 unspecified atom stereocenters. The Morgan fingerprint density at radius 2 is 1.68 bits per heavy atom. The van der Waals surface area contributed by atoms with Crippen LogP contribution in [0.15, 0.2) is 59.5 Å². The zero-order valence-corrected chi connectivity index (χ0v) is 13.0. The minimum Gasteiger partial charge on any atom is -0.269 e. The second-order valence-corrected chi connectivity index (χ2v) is 6.85. The van der Waals surface area contributed by atoms with Gasteiger partial charge in [0.05, 0.1) is 22.8 Å². The number of sulfone groups is 1. The summed E-state index contributed by atoms with van der Waals surface area (Å²) < 4.78 is 24.0. The first kappa shape index (κ1) is 16.2. The van der Waals surface area contributed by atoms with Crippen molar-refractivity contribution in [1.29, 1.82) is 0 Å². The molecule has 0 aliphatic heterocycles. The number of hydroxylamine groups is 1. The highest BCUT2D eigenvalue weighted by Gasteiger charge is 2.20. The average molecular weight is 319 g/mol. The van der Waals surface area contributed by atoms with Crippen LogP contribution >= 0.6 is 0 Å². The molecule has 0 bridgehead atoms. The Morgan fingerprint density at radius 1 is 1.05 bits per heavy atom. The van der Waals surface area contributed by atoms with E-state index < -0.39 is 15.7 Å². The van der Waals surface area contributed by atoms with Crippen molar-refractivity contribution in [2.24, 2.45) is 0 Å². The molecule has 22 heavy (non-hydrogen) atoms. The molecule has 2 aromatic carbocycles. The van der Waals surface area contributed by atoms with Crippen LogP contribution in [0.4, 0.5) is 0 Å². The number of carbonyl (C=O) groups excluding carboxylic acids is 1. The summed E-state index contributed by atoms with van der Waals surface area (Å²) in [5.41, 5.74) is 3.26. The Kier molecular flexibility index (Phi) is 5.30. The lowest BCUT2D eigenvalue weighted by Gasteiger charge is -2.10. The van der Waals surface area contributed by atoms with Gasteiger partial charge in [0, 0.05) is 0 Å². The summed E-state index contributed by atoms with van der Waals surface area (Å²) in [4.78, 5) is 17.3. The third-order valence-corrected chi connectivity index (χ3v) is 4.88. The van der Waals surface area contributed by atoms with Gasteiger partial charge >= 0.3 is 0 Å². The molecule has 116 valence electrons. The quantitative estimate of drug-likeness (QED) is 0.830. The minimum atomic E-state index is -3.47. The molecule has 0 saturated heterocycles. The molecule has 0 fully saturated rings. The predicted molar refractivity (Wildman–Crippen MR) is 82.9 cm³/mol. The summed E-state index contributed by atoms with van der Waals surface area (Å²) in [5, 5.41) is 0. The van der Waals surface area contributed by atoms with Crippen molar-refractivity contribution >= 4 is 15.7 Å². The van der Waals surface area contributed by atoms with E-state index in [0.29, 0.717) is 0 Å². The standard InChI is InChI=1S/C16H17NO4S/c1-2-22(19,20)15-11-7-6-10-14(15)16(18)17-21-12-13-8-4-3-5-9-13/h3-11H,2,12H2,1H3,(H,17,18). The smallest absolute Gasteiger partial charge is 0.269 e. The molecule has 0 aromatic heterocycles. The highest BCUT2D eigenvalue weighted by molar-refractivity contribution is 7.91. The van der Waals surface area contributed by atoms with Crippen molar-refractivity contribution in [2.75, 3.05) is 5.75 Å². The van der Waals surface area contributed by atoms with Crippen molar-refractivity contribution in [3.63, 3.8) is 0 Å². The van der Waals surface area contributed by atoms with E-state index in [-0.39, 0.29) is 22.8 Å². The molecule has 0 radical (unpaired) electrons. The van der Waals surface area contributed by atoms with Crippen LogP contribution in [-0.4, -0.2) is 20.1 Å². The van der Waals surface area contributed by atoms with Gasteiger partial charge in [0.1, 0.15) is 0 Å². The van der Waals surface area contributed by atoms with Gasteiger partial charge in [-0.1, -0.05) is 49.4 Å². The van der Waals surface area contributed by atoms with E-state index in [0.717, 1.165) is 5.56 Å². The summed E-state index contributed by atoms with van der Waals surface area (Å²) in [6, 6.07) is 15.4. The van der Waals surface area contributed by atoms with Gasteiger partial charge in [-0.15, -0.1) is 0 Å². The second kappa shape index (κ2) is 7.20. The molecule has 5 nitrogen and oxygen atoms in total. The molecule has 2 aromatic rings. The molecule has 0 saturated carbocycles. The fraction of sp³-hybridized carbons (Fsp3) is 0.188. The summed E-state index contributed by atoms with van der Waals surface area (Å²) in [7, 11) is -3.47. The molecule has 0 atom stereocenters. The minimum absolute atomic E-state index is 0.0123. The van der Waals surface area contributed by atoms with Crippen LogP contribution in [0.2, 0.25) is 0 Å². The number of hydrogen-bond acceptors (Lipinski definition) is 4. The van der Waals surface area contributed by atoms with E-state index in [1.54, 1.807) is 12.1 Å². The zero-order valence-electron chi connectivity index (χ0n) is 12.2. The third kappa shape index (κ3) is 3.93. The Balaban J connectivity index is 2.07. The number of amides is 1. The first-order valence-electron chi connectivity index (χ1n) is 6.82. The summed E-state index contributed by atoms with van der Waals surface area (Å²) in [6.45, 7) is 1.74. The fourth-order valence-corrected chi connectivity index (χ4v) is 2.99. The average Bonchev–Trinajstić information content (AvgIpc) is 2.55. The molecule has 2 rings (SSSR count). The second-order valence-electron chi connectivity index (χ2n) is 4.61. The molecular formula is C16H17NO4S. The molecule has 0 aliphatic rings. The van der Waals surface area contributed by atoms with Crippen molar-refractivity contribution in [3.8, 4) is 0 Å². The van der Waals surface area contributed by atoms with E-state index in [2.05, 4.69) is 5.48 Å². The summed E-state index contributed by atoms with van der Waals surface area (Å²) >= 11 is 0. The predicted octanol–water partition coefficient (Wildman–Crippen LogP) is 2.34. The van der Waals surface area contributed by atoms with Crippen molar-refractivity contribution < 1.29 is 18.0 Å². The topological polar surface area (TPSA) is 72.5 Å². The largest absolute Gasteiger partial charge is 0.276 e. The Morgan fingerprint density at radius 3 is 2.36 bits per heavy atom. The molecule has 0 heterocycles. The number of hydrogen-bond donors (Lipinski definition) is 1. The van der Waals surface area contributed by atoms with Crippen LogP contribution in [0, 0.1) is 0 Å². The highest BCUT2D eigenvalue weighted by Crippen LogP contribution is 2.17. The van der Waals surface area contributed by atoms with Gasteiger partial charge in [-0.3, -0.25) is 9.63 Å². The number of carbonyl (C=O) groups is 1. The van der Waals surface area contributed by atoms with Crippen molar-refractivity contribution in [2.45, 2.75) is 18.4 Å². The monoisotopic (exact) mass is 319 g/mol. The van der Waals surface area contributed by atoms with Gasteiger partial charge in [-0.2, -0.15) is 0 Å². The van der Waals surface area contributed by atoms with Gasteiger partial charge in [-0.05, 0) is 17.7 Å². The number of nitrogens with one attached hydrogen (secondary N) is 1. The first-order chi connectivity index (χ1) is 10.5. The first-order valence-corrected chi connectivity index (χ1v) is 8.47. The summed E-state index contributed by atoms with van der Waals surface area (Å²) in [5.74, 6) is -0.647. The maximum absolute atomic E-state index is 12.1.